The number of carbonyl (C=O) groups is 1. The Hall–Kier alpha value is -1.42. The molecule has 2 rings (SSSR count). The van der Waals surface area contributed by atoms with E-state index in [2.05, 4.69) is 0 Å². The first-order chi connectivity index (χ1) is 11.7. The van der Waals surface area contributed by atoms with E-state index in [9.17, 15) is 4.79 Å². The molecule has 1 aromatic carbocycles. The van der Waals surface area contributed by atoms with Gasteiger partial charge in [0.2, 0.25) is 0 Å². The second kappa shape index (κ2) is 8.79. The molecule has 1 aromatic rings. The fourth-order valence-electron chi connectivity index (χ4n) is 3.29. The number of nitrogens with zero attached hydrogens (tertiary/aromatic N) is 1. The summed E-state index contributed by atoms with van der Waals surface area (Å²) in [7, 11) is 0. The first-order valence-corrected chi connectivity index (χ1v) is 9.64. The van der Waals surface area contributed by atoms with Gasteiger partial charge in [0, 0.05) is 23.8 Å². The van der Waals surface area contributed by atoms with Gasteiger partial charge in [-0.25, -0.2) is 4.79 Å². The summed E-state index contributed by atoms with van der Waals surface area (Å²) < 4.78 is 5.61. The number of rotatable bonds is 5. The van der Waals surface area contributed by atoms with Crippen LogP contribution < -0.4 is 5.73 Å². The maximum absolute atomic E-state index is 12.6. The van der Waals surface area contributed by atoms with Crippen LogP contribution in [0.25, 0.3) is 0 Å². The molecule has 140 valence electrons. The number of halogens is 1. The van der Waals surface area contributed by atoms with Crippen molar-refractivity contribution in [3.63, 3.8) is 0 Å². The molecule has 0 unspecified atom stereocenters. The predicted molar refractivity (Wildman–Crippen MR) is 104 cm³/mol. The van der Waals surface area contributed by atoms with Crippen LogP contribution in [0.1, 0.15) is 58.4 Å². The van der Waals surface area contributed by atoms with Gasteiger partial charge in [0.05, 0.1) is 0 Å². The van der Waals surface area contributed by atoms with Gasteiger partial charge in [-0.15, -0.1) is 0 Å². The molecule has 1 fully saturated rings. The number of hydrogen-bond donors (Lipinski definition) is 1. The van der Waals surface area contributed by atoms with Crippen molar-refractivity contribution in [1.29, 1.82) is 0 Å². The molecular formula is C20H31ClN2O2. The number of nitrogens with two attached hydrogens (primary N) is 1. The Morgan fingerprint density at radius 3 is 2.56 bits per heavy atom. The van der Waals surface area contributed by atoms with Crippen molar-refractivity contribution in [3.05, 3.63) is 28.8 Å². The molecule has 4 nitrogen and oxygen atoms in total. The van der Waals surface area contributed by atoms with E-state index >= 15 is 0 Å². The van der Waals surface area contributed by atoms with Gasteiger partial charge in [0.1, 0.15) is 5.60 Å². The average molecular weight is 367 g/mol. The molecular weight excluding hydrogens is 336 g/mol. The first kappa shape index (κ1) is 19.9. The van der Waals surface area contributed by atoms with Crippen LogP contribution in [0.15, 0.2) is 18.2 Å². The lowest BCUT2D eigenvalue weighted by molar-refractivity contribution is 0.0210. The van der Waals surface area contributed by atoms with Crippen molar-refractivity contribution >= 4 is 23.4 Å². The van der Waals surface area contributed by atoms with Crippen LogP contribution in [0.2, 0.25) is 5.02 Å². The summed E-state index contributed by atoms with van der Waals surface area (Å²) in [6, 6.07) is 5.54. The van der Waals surface area contributed by atoms with Gasteiger partial charge in [-0.05, 0) is 63.6 Å². The third-order valence-corrected chi connectivity index (χ3v) is 4.94. The van der Waals surface area contributed by atoms with Crippen molar-refractivity contribution in [3.8, 4) is 0 Å². The predicted octanol–water partition coefficient (Wildman–Crippen LogP) is 5.28. The van der Waals surface area contributed by atoms with Crippen LogP contribution >= 0.6 is 11.6 Å². The summed E-state index contributed by atoms with van der Waals surface area (Å²) in [5.41, 5.74) is 6.93. The minimum atomic E-state index is -0.485. The van der Waals surface area contributed by atoms with Crippen LogP contribution in [-0.2, 0) is 11.2 Å². The number of benzene rings is 1. The summed E-state index contributed by atoms with van der Waals surface area (Å²) in [4.78, 5) is 14.5. The van der Waals surface area contributed by atoms with E-state index in [4.69, 9.17) is 22.1 Å². The van der Waals surface area contributed by atoms with Crippen LogP contribution in [0, 0.1) is 5.92 Å². The quantitative estimate of drug-likeness (QED) is 0.721. The summed E-state index contributed by atoms with van der Waals surface area (Å²) in [6.07, 6.45) is 6.69. The van der Waals surface area contributed by atoms with Gasteiger partial charge in [0.15, 0.2) is 0 Å². The second-order valence-corrected chi connectivity index (χ2v) is 8.44. The van der Waals surface area contributed by atoms with E-state index in [1.165, 1.54) is 32.1 Å². The molecule has 1 aliphatic rings. The molecule has 5 heteroatoms. The monoisotopic (exact) mass is 366 g/mol. The normalized spacial score (nSPS) is 15.8. The molecule has 0 heterocycles. The van der Waals surface area contributed by atoms with Crippen molar-refractivity contribution in [2.45, 2.75) is 64.9 Å². The Labute approximate surface area is 156 Å². The number of nitrogen functional groups attached to an aromatic ring is 1. The van der Waals surface area contributed by atoms with Gasteiger partial charge in [0.25, 0.3) is 0 Å². The lowest BCUT2D eigenvalue weighted by Gasteiger charge is -2.32. The third-order valence-electron chi connectivity index (χ3n) is 4.58. The summed E-state index contributed by atoms with van der Waals surface area (Å²) in [5, 5.41) is 0.654. The average Bonchev–Trinajstić information content (AvgIpc) is 2.52. The summed E-state index contributed by atoms with van der Waals surface area (Å²) in [5.74, 6) is 0.572. The van der Waals surface area contributed by atoms with Gasteiger partial charge >= 0.3 is 6.09 Å². The van der Waals surface area contributed by atoms with Crippen LogP contribution in [-0.4, -0.2) is 29.7 Å². The molecule has 1 amide bonds. The highest BCUT2D eigenvalue weighted by Gasteiger charge is 2.25. The highest BCUT2D eigenvalue weighted by molar-refractivity contribution is 6.31. The maximum Gasteiger partial charge on any atom is 0.410 e. The van der Waals surface area contributed by atoms with E-state index < -0.39 is 5.60 Å². The third kappa shape index (κ3) is 6.77. The van der Waals surface area contributed by atoms with Crippen molar-refractivity contribution in [2.75, 3.05) is 18.8 Å². The number of anilines is 1. The van der Waals surface area contributed by atoms with Crippen LogP contribution in [0.3, 0.4) is 0 Å². The van der Waals surface area contributed by atoms with Crippen LogP contribution in [0.4, 0.5) is 10.5 Å². The molecule has 0 saturated heterocycles. The van der Waals surface area contributed by atoms with Crippen molar-refractivity contribution in [2.24, 2.45) is 5.92 Å². The lowest BCUT2D eigenvalue weighted by atomic mass is 9.89. The molecule has 0 atom stereocenters. The Kier molecular flexibility index (Phi) is 7.00. The number of carbonyl (C=O) groups excluding carboxylic acids is 1. The summed E-state index contributed by atoms with van der Waals surface area (Å²) >= 11 is 6.28. The first-order valence-electron chi connectivity index (χ1n) is 9.26. The van der Waals surface area contributed by atoms with Crippen molar-refractivity contribution < 1.29 is 9.53 Å². The Morgan fingerprint density at radius 1 is 1.28 bits per heavy atom. The van der Waals surface area contributed by atoms with Crippen LogP contribution in [0.5, 0.6) is 0 Å². The van der Waals surface area contributed by atoms with Gasteiger partial charge in [-0.2, -0.15) is 0 Å². The molecule has 1 saturated carbocycles. The number of amides is 1. The molecule has 0 bridgehead atoms. The lowest BCUT2D eigenvalue weighted by Crippen LogP contribution is -2.41. The standard InChI is InChI=1S/C20H31ClN2O2/c1-20(2,3)25-19(24)23(14-15-7-5-4-6-8-15)12-11-16-9-10-17(22)13-18(16)21/h9-10,13,15H,4-8,11-12,14,22H2,1-3H3. The van der Waals surface area contributed by atoms with E-state index in [1.54, 1.807) is 6.07 Å². The van der Waals surface area contributed by atoms with Gasteiger partial charge in [-0.3, -0.25) is 0 Å². The number of hydrogen-bond acceptors (Lipinski definition) is 3. The maximum atomic E-state index is 12.6. The van der Waals surface area contributed by atoms with E-state index in [1.807, 2.05) is 37.8 Å². The zero-order chi connectivity index (χ0) is 18.4. The highest BCUT2D eigenvalue weighted by atomic mass is 35.5. The Morgan fingerprint density at radius 2 is 1.96 bits per heavy atom. The van der Waals surface area contributed by atoms with Gasteiger partial charge in [-0.1, -0.05) is 36.9 Å². The molecule has 0 spiro atoms. The zero-order valence-corrected chi connectivity index (χ0v) is 16.4. The SMILES string of the molecule is CC(C)(C)OC(=O)N(CCc1ccc(N)cc1Cl)CC1CCCCC1. The smallest absolute Gasteiger partial charge is 0.410 e. The summed E-state index contributed by atoms with van der Waals surface area (Å²) in [6.45, 7) is 7.08. The molecule has 2 N–H and O–H groups in total. The number of ether oxygens (including phenoxy) is 1. The van der Waals surface area contributed by atoms with Gasteiger partial charge < -0.3 is 15.4 Å². The molecule has 1 aliphatic carbocycles. The minimum Gasteiger partial charge on any atom is -0.444 e. The zero-order valence-electron chi connectivity index (χ0n) is 15.7. The van der Waals surface area contributed by atoms with E-state index in [-0.39, 0.29) is 6.09 Å². The second-order valence-electron chi connectivity index (χ2n) is 8.03. The topological polar surface area (TPSA) is 55.6 Å². The Bertz CT molecular complexity index is 578. The highest BCUT2D eigenvalue weighted by Crippen LogP contribution is 2.26. The van der Waals surface area contributed by atoms with E-state index in [0.717, 1.165) is 12.1 Å². The van der Waals surface area contributed by atoms with E-state index in [0.29, 0.717) is 29.6 Å². The Balaban J connectivity index is 2.03. The molecule has 0 aliphatic heterocycles. The fourth-order valence-corrected chi connectivity index (χ4v) is 3.57. The molecule has 25 heavy (non-hydrogen) atoms. The molecule has 0 radical (unpaired) electrons. The van der Waals surface area contributed by atoms with Crippen molar-refractivity contribution in [1.82, 2.24) is 4.90 Å². The minimum absolute atomic E-state index is 0.232. The molecule has 0 aromatic heterocycles. The largest absolute Gasteiger partial charge is 0.444 e. The fraction of sp³-hybridized carbons (Fsp3) is 0.650.